The second-order valence-electron chi connectivity index (χ2n) is 6.13. The number of methoxy groups -OCH3 is 2. The Kier molecular flexibility index (Phi) is 4.19. The fourth-order valence-corrected chi connectivity index (χ4v) is 3.20. The number of fused-ring (bicyclic) bond motifs is 1. The quantitative estimate of drug-likeness (QED) is 0.870. The molecule has 1 atom stereocenters. The lowest BCUT2D eigenvalue weighted by Crippen LogP contribution is -2.40. The number of H-pyrrole nitrogens is 1. The van der Waals surface area contributed by atoms with Crippen LogP contribution >= 0.6 is 0 Å². The van der Waals surface area contributed by atoms with Crippen LogP contribution in [-0.4, -0.2) is 60.8 Å². The van der Waals surface area contributed by atoms with Gasteiger partial charge in [0.1, 0.15) is 16.9 Å². The van der Waals surface area contributed by atoms with Crippen LogP contribution in [0.3, 0.4) is 0 Å². The molecule has 2 heterocycles. The fourth-order valence-electron chi connectivity index (χ4n) is 3.20. The lowest BCUT2D eigenvalue weighted by atomic mass is 9.88. The lowest BCUT2D eigenvalue weighted by Gasteiger charge is -2.23. The zero-order valence-corrected chi connectivity index (χ0v) is 13.7. The minimum Gasteiger partial charge on any atom is -0.497 e. The lowest BCUT2D eigenvalue weighted by molar-refractivity contribution is -0.151. The Morgan fingerprint density at radius 2 is 2.12 bits per heavy atom. The topological polar surface area (TPSA) is 91.9 Å². The molecular weight excluding hydrogens is 312 g/mol. The maximum absolute atomic E-state index is 12.7. The number of ether oxygens (including phenoxy) is 2. The highest BCUT2D eigenvalue weighted by Gasteiger charge is 2.46. The SMILES string of the molecule is COC[C@@]1(C(=O)O)CCN(C(=O)c2cc3cc(OC)ccc3[nH]2)C1. The molecule has 1 amide bonds. The number of nitrogens with one attached hydrogen (secondary N) is 1. The second kappa shape index (κ2) is 6.16. The third-order valence-corrected chi connectivity index (χ3v) is 4.57. The summed E-state index contributed by atoms with van der Waals surface area (Å²) in [6.07, 6.45) is 0.385. The van der Waals surface area contributed by atoms with Crippen molar-refractivity contribution in [3.8, 4) is 5.75 Å². The van der Waals surface area contributed by atoms with Crippen LogP contribution in [0, 0.1) is 5.41 Å². The van der Waals surface area contributed by atoms with Gasteiger partial charge < -0.3 is 24.5 Å². The molecule has 0 spiro atoms. The summed E-state index contributed by atoms with van der Waals surface area (Å²) >= 11 is 0. The van der Waals surface area contributed by atoms with Crippen molar-refractivity contribution >= 4 is 22.8 Å². The third-order valence-electron chi connectivity index (χ3n) is 4.57. The summed E-state index contributed by atoms with van der Waals surface area (Å²) in [5.41, 5.74) is 0.246. The van der Waals surface area contributed by atoms with E-state index in [4.69, 9.17) is 9.47 Å². The van der Waals surface area contributed by atoms with E-state index in [2.05, 4.69) is 4.98 Å². The van der Waals surface area contributed by atoms with Crippen molar-refractivity contribution in [2.45, 2.75) is 6.42 Å². The zero-order chi connectivity index (χ0) is 17.3. The number of aromatic nitrogens is 1. The van der Waals surface area contributed by atoms with Crippen LogP contribution in [0.25, 0.3) is 10.9 Å². The normalized spacial score (nSPS) is 20.5. The first-order chi connectivity index (χ1) is 11.5. The van der Waals surface area contributed by atoms with Crippen molar-refractivity contribution in [3.05, 3.63) is 30.0 Å². The fraction of sp³-hybridized carbons (Fsp3) is 0.412. The highest BCUT2D eigenvalue weighted by atomic mass is 16.5. The number of nitrogens with zero attached hydrogens (tertiary/aromatic N) is 1. The summed E-state index contributed by atoms with van der Waals surface area (Å²) in [4.78, 5) is 29.0. The minimum absolute atomic E-state index is 0.0933. The Balaban J connectivity index is 1.83. The number of hydrogen-bond acceptors (Lipinski definition) is 4. The summed E-state index contributed by atoms with van der Waals surface area (Å²) in [5, 5.41) is 10.4. The van der Waals surface area contributed by atoms with Crippen molar-refractivity contribution in [2.75, 3.05) is 33.9 Å². The average molecular weight is 332 g/mol. The Bertz CT molecular complexity index is 784. The van der Waals surface area contributed by atoms with E-state index in [1.54, 1.807) is 18.1 Å². The van der Waals surface area contributed by atoms with E-state index in [0.29, 0.717) is 24.4 Å². The first-order valence-electron chi connectivity index (χ1n) is 7.67. The van der Waals surface area contributed by atoms with Gasteiger partial charge in [0, 0.05) is 31.1 Å². The van der Waals surface area contributed by atoms with Crippen LogP contribution in [-0.2, 0) is 9.53 Å². The number of carboxylic acids is 1. The molecule has 2 aromatic rings. The maximum Gasteiger partial charge on any atom is 0.313 e. The number of carbonyl (C=O) groups is 2. The summed E-state index contributed by atoms with van der Waals surface area (Å²) in [6, 6.07) is 7.27. The molecule has 1 aliphatic rings. The van der Waals surface area contributed by atoms with Gasteiger partial charge in [0.2, 0.25) is 0 Å². The Labute approximate surface area is 139 Å². The monoisotopic (exact) mass is 332 g/mol. The van der Waals surface area contributed by atoms with Gasteiger partial charge in [-0.1, -0.05) is 0 Å². The van der Waals surface area contributed by atoms with Crippen LogP contribution in [0.4, 0.5) is 0 Å². The number of carbonyl (C=O) groups excluding carboxylic acids is 1. The van der Waals surface area contributed by atoms with Crippen LogP contribution in [0.5, 0.6) is 5.75 Å². The van der Waals surface area contributed by atoms with Crippen LogP contribution in [0.2, 0.25) is 0 Å². The number of benzene rings is 1. The van der Waals surface area contributed by atoms with Gasteiger partial charge in [-0.05, 0) is 30.7 Å². The van der Waals surface area contributed by atoms with Crippen molar-refractivity contribution in [1.82, 2.24) is 9.88 Å². The van der Waals surface area contributed by atoms with E-state index >= 15 is 0 Å². The van der Waals surface area contributed by atoms with Crippen LogP contribution in [0.1, 0.15) is 16.9 Å². The number of hydrogen-bond donors (Lipinski definition) is 2. The van der Waals surface area contributed by atoms with Crippen LogP contribution in [0.15, 0.2) is 24.3 Å². The molecule has 2 N–H and O–H groups in total. The standard InChI is InChI=1S/C17H20N2O5/c1-23-10-17(16(21)22)5-6-19(9-17)15(20)14-8-11-7-12(24-2)3-4-13(11)18-14/h3-4,7-8,18H,5-6,9-10H2,1-2H3,(H,21,22)/t17-/m1/s1. The van der Waals surface area contributed by atoms with Gasteiger partial charge >= 0.3 is 5.97 Å². The molecule has 1 aromatic heterocycles. The molecular formula is C17H20N2O5. The highest BCUT2D eigenvalue weighted by molar-refractivity contribution is 5.98. The number of rotatable bonds is 5. The number of aromatic amines is 1. The molecule has 0 aliphatic carbocycles. The first-order valence-corrected chi connectivity index (χ1v) is 7.67. The molecule has 128 valence electrons. The number of likely N-dealkylation sites (tertiary alicyclic amines) is 1. The van der Waals surface area contributed by atoms with Crippen molar-refractivity contribution in [3.63, 3.8) is 0 Å². The molecule has 1 aliphatic heterocycles. The van der Waals surface area contributed by atoms with E-state index in [1.807, 2.05) is 18.2 Å². The van der Waals surface area contributed by atoms with E-state index in [-0.39, 0.29) is 19.1 Å². The molecule has 0 bridgehead atoms. The average Bonchev–Trinajstić information content (AvgIpc) is 3.18. The summed E-state index contributed by atoms with van der Waals surface area (Å²) in [6.45, 7) is 0.636. The van der Waals surface area contributed by atoms with Gasteiger partial charge in [-0.15, -0.1) is 0 Å². The van der Waals surface area contributed by atoms with Crippen molar-refractivity contribution < 1.29 is 24.2 Å². The molecule has 0 radical (unpaired) electrons. The first kappa shape index (κ1) is 16.3. The highest BCUT2D eigenvalue weighted by Crippen LogP contribution is 2.32. The molecule has 1 saturated heterocycles. The van der Waals surface area contributed by atoms with Gasteiger partial charge in [-0.25, -0.2) is 0 Å². The van der Waals surface area contributed by atoms with Gasteiger partial charge in [-0.2, -0.15) is 0 Å². The van der Waals surface area contributed by atoms with Gasteiger partial charge in [-0.3, -0.25) is 9.59 Å². The van der Waals surface area contributed by atoms with Gasteiger partial charge in [0.15, 0.2) is 0 Å². The Morgan fingerprint density at radius 1 is 1.33 bits per heavy atom. The molecule has 7 nitrogen and oxygen atoms in total. The van der Waals surface area contributed by atoms with E-state index in [9.17, 15) is 14.7 Å². The maximum atomic E-state index is 12.7. The van der Waals surface area contributed by atoms with E-state index < -0.39 is 11.4 Å². The smallest absolute Gasteiger partial charge is 0.313 e. The summed E-state index contributed by atoms with van der Waals surface area (Å²) < 4.78 is 10.2. The van der Waals surface area contributed by atoms with Crippen molar-refractivity contribution in [1.29, 1.82) is 0 Å². The number of aliphatic carboxylic acids is 1. The third kappa shape index (κ3) is 2.71. The molecule has 0 saturated carbocycles. The Hall–Kier alpha value is -2.54. The predicted molar refractivity (Wildman–Crippen MR) is 87.3 cm³/mol. The molecule has 7 heteroatoms. The minimum atomic E-state index is -1.03. The van der Waals surface area contributed by atoms with E-state index in [0.717, 1.165) is 10.9 Å². The second-order valence-corrected chi connectivity index (χ2v) is 6.13. The van der Waals surface area contributed by atoms with Gasteiger partial charge in [0.05, 0.1) is 13.7 Å². The molecule has 3 rings (SSSR count). The largest absolute Gasteiger partial charge is 0.497 e. The molecule has 1 fully saturated rings. The van der Waals surface area contributed by atoms with E-state index in [1.165, 1.54) is 7.11 Å². The molecule has 1 aromatic carbocycles. The van der Waals surface area contributed by atoms with Crippen LogP contribution < -0.4 is 4.74 Å². The zero-order valence-electron chi connectivity index (χ0n) is 13.7. The summed E-state index contributed by atoms with van der Waals surface area (Å²) in [5.74, 6) is -0.419. The van der Waals surface area contributed by atoms with Gasteiger partial charge in [0.25, 0.3) is 5.91 Å². The number of amides is 1. The molecule has 0 unspecified atom stereocenters. The Morgan fingerprint density at radius 3 is 2.79 bits per heavy atom. The summed E-state index contributed by atoms with van der Waals surface area (Å²) in [7, 11) is 3.06. The molecule has 24 heavy (non-hydrogen) atoms. The predicted octanol–water partition coefficient (Wildman–Crippen LogP) is 1.74. The van der Waals surface area contributed by atoms with Crippen molar-refractivity contribution in [2.24, 2.45) is 5.41 Å². The number of carboxylic acid groups (broad SMARTS) is 1.